The third kappa shape index (κ3) is 2.73. The van der Waals surface area contributed by atoms with Gasteiger partial charge in [0.25, 0.3) is 0 Å². The molecule has 1 heterocycles. The number of aromatic amines is 1. The summed E-state index contributed by atoms with van der Waals surface area (Å²) < 4.78 is 4.87. The first-order valence-corrected chi connectivity index (χ1v) is 3.94. The van der Waals surface area contributed by atoms with Gasteiger partial charge in [-0.15, -0.1) is 5.10 Å². The van der Waals surface area contributed by atoms with Gasteiger partial charge < -0.3 is 10.5 Å². The molecule has 6 nitrogen and oxygen atoms in total. The van der Waals surface area contributed by atoms with Crippen LogP contribution in [0.2, 0.25) is 0 Å². The maximum atomic E-state index is 11.2. The molecule has 0 aliphatic carbocycles. The van der Waals surface area contributed by atoms with E-state index in [4.69, 9.17) is 10.5 Å². The largest absolute Gasteiger partial charge is 0.460 e. The van der Waals surface area contributed by atoms with Gasteiger partial charge in [0.1, 0.15) is 0 Å². The van der Waals surface area contributed by atoms with Gasteiger partial charge in [-0.1, -0.05) is 13.8 Å². The molecule has 0 saturated heterocycles. The molecule has 13 heavy (non-hydrogen) atoms. The lowest BCUT2D eigenvalue weighted by Crippen LogP contribution is -2.11. The van der Waals surface area contributed by atoms with Crippen molar-refractivity contribution in [2.24, 2.45) is 5.92 Å². The van der Waals surface area contributed by atoms with Crippen LogP contribution < -0.4 is 5.73 Å². The lowest BCUT2D eigenvalue weighted by Gasteiger charge is -2.04. The first-order valence-electron chi connectivity index (χ1n) is 3.94. The van der Waals surface area contributed by atoms with Crippen LogP contribution in [0.3, 0.4) is 0 Å². The summed E-state index contributed by atoms with van der Waals surface area (Å²) in [5, 5.41) is 5.87. The second kappa shape index (κ2) is 3.88. The van der Waals surface area contributed by atoms with E-state index >= 15 is 0 Å². The normalized spacial score (nSPS) is 10.4. The Morgan fingerprint density at radius 1 is 1.69 bits per heavy atom. The first-order chi connectivity index (χ1) is 6.09. The van der Waals surface area contributed by atoms with Gasteiger partial charge in [0.2, 0.25) is 11.8 Å². The van der Waals surface area contributed by atoms with E-state index in [1.807, 2.05) is 13.8 Å². The summed E-state index contributed by atoms with van der Waals surface area (Å²) in [6.07, 6.45) is 0. The summed E-state index contributed by atoms with van der Waals surface area (Å²) in [5.74, 6) is -0.156. The zero-order valence-corrected chi connectivity index (χ0v) is 7.57. The molecule has 1 rings (SSSR count). The molecule has 0 bridgehead atoms. The average molecular weight is 184 g/mol. The number of hydrogen-bond donors (Lipinski definition) is 2. The molecular formula is C7H12N4O2. The fourth-order valence-corrected chi connectivity index (χ4v) is 0.677. The van der Waals surface area contributed by atoms with Gasteiger partial charge in [0.05, 0.1) is 6.61 Å². The van der Waals surface area contributed by atoms with Crippen LogP contribution in [0.4, 0.5) is 5.95 Å². The van der Waals surface area contributed by atoms with Crippen molar-refractivity contribution < 1.29 is 9.53 Å². The van der Waals surface area contributed by atoms with Gasteiger partial charge in [-0.3, -0.25) is 5.10 Å². The smallest absolute Gasteiger partial charge is 0.375 e. The molecule has 0 aliphatic heterocycles. The minimum absolute atomic E-state index is 0.0384. The van der Waals surface area contributed by atoms with Crippen molar-refractivity contribution in [2.75, 3.05) is 12.3 Å². The molecule has 0 radical (unpaired) electrons. The predicted molar refractivity (Wildman–Crippen MR) is 45.9 cm³/mol. The van der Waals surface area contributed by atoms with Crippen molar-refractivity contribution in [1.29, 1.82) is 0 Å². The molecule has 3 N–H and O–H groups in total. The standard InChI is InChI=1S/C7H12N4O2/c1-4(2)3-13-6(12)5-9-7(8)11-10-5/h4H,3H2,1-2H3,(H3,8,9,10,11). The molecule has 0 atom stereocenters. The highest BCUT2D eigenvalue weighted by atomic mass is 16.5. The molecule has 0 fully saturated rings. The number of H-pyrrole nitrogens is 1. The van der Waals surface area contributed by atoms with Crippen molar-refractivity contribution >= 4 is 11.9 Å². The Morgan fingerprint density at radius 3 is 2.85 bits per heavy atom. The monoisotopic (exact) mass is 184 g/mol. The highest BCUT2D eigenvalue weighted by molar-refractivity contribution is 5.85. The Labute approximate surface area is 75.5 Å². The van der Waals surface area contributed by atoms with Crippen LogP contribution in [-0.4, -0.2) is 27.8 Å². The van der Waals surface area contributed by atoms with E-state index in [0.717, 1.165) is 0 Å². The molecule has 72 valence electrons. The molecule has 0 aromatic carbocycles. The fourth-order valence-electron chi connectivity index (χ4n) is 0.677. The minimum atomic E-state index is -0.530. The maximum Gasteiger partial charge on any atom is 0.375 e. The summed E-state index contributed by atoms with van der Waals surface area (Å²) in [6, 6.07) is 0. The van der Waals surface area contributed by atoms with E-state index in [1.54, 1.807) is 0 Å². The van der Waals surface area contributed by atoms with E-state index in [0.29, 0.717) is 12.5 Å². The number of ether oxygens (including phenoxy) is 1. The Hall–Kier alpha value is -1.59. The fraction of sp³-hybridized carbons (Fsp3) is 0.571. The number of esters is 1. The van der Waals surface area contributed by atoms with E-state index in [-0.39, 0.29) is 11.8 Å². The van der Waals surface area contributed by atoms with E-state index in [2.05, 4.69) is 15.2 Å². The molecule has 0 amide bonds. The van der Waals surface area contributed by atoms with Crippen LogP contribution in [0, 0.1) is 5.92 Å². The van der Waals surface area contributed by atoms with Crippen LogP contribution in [-0.2, 0) is 4.74 Å². The number of carbonyl (C=O) groups is 1. The first kappa shape index (κ1) is 9.50. The van der Waals surface area contributed by atoms with Gasteiger partial charge in [-0.25, -0.2) is 4.79 Å². The van der Waals surface area contributed by atoms with Crippen LogP contribution in [0.1, 0.15) is 24.5 Å². The lowest BCUT2D eigenvalue weighted by atomic mass is 10.2. The number of carbonyl (C=O) groups excluding carboxylic acids is 1. The molecular weight excluding hydrogens is 172 g/mol. The third-order valence-electron chi connectivity index (χ3n) is 1.24. The van der Waals surface area contributed by atoms with Gasteiger partial charge in [-0.05, 0) is 5.92 Å². The van der Waals surface area contributed by atoms with Gasteiger partial charge in [0.15, 0.2) is 0 Å². The Bertz CT molecular complexity index is 294. The number of nitrogens with one attached hydrogen (secondary N) is 1. The second-order valence-corrected chi connectivity index (χ2v) is 3.03. The van der Waals surface area contributed by atoms with Crippen LogP contribution in [0.5, 0.6) is 0 Å². The molecule has 1 aromatic heterocycles. The molecule has 0 spiro atoms. The number of nitrogens with two attached hydrogens (primary N) is 1. The van der Waals surface area contributed by atoms with Gasteiger partial charge in [0, 0.05) is 0 Å². The SMILES string of the molecule is CC(C)COC(=O)c1nc(N)n[nH]1. The van der Waals surface area contributed by atoms with Crippen molar-refractivity contribution in [3.05, 3.63) is 5.82 Å². The van der Waals surface area contributed by atoms with Crippen molar-refractivity contribution in [3.63, 3.8) is 0 Å². The van der Waals surface area contributed by atoms with Crippen LogP contribution in [0.25, 0.3) is 0 Å². The average Bonchev–Trinajstić information content (AvgIpc) is 2.47. The Kier molecular flexibility index (Phi) is 2.84. The number of nitrogen functional groups attached to an aromatic ring is 1. The summed E-state index contributed by atoms with van der Waals surface area (Å²) in [6.45, 7) is 4.25. The topological polar surface area (TPSA) is 93.9 Å². The van der Waals surface area contributed by atoms with Crippen LogP contribution >= 0.6 is 0 Å². The van der Waals surface area contributed by atoms with E-state index in [1.165, 1.54) is 0 Å². The number of aromatic nitrogens is 3. The number of hydrogen-bond acceptors (Lipinski definition) is 5. The maximum absolute atomic E-state index is 11.2. The summed E-state index contributed by atoms with van der Waals surface area (Å²) in [7, 11) is 0. The zero-order chi connectivity index (χ0) is 9.84. The number of nitrogens with zero attached hydrogens (tertiary/aromatic N) is 2. The predicted octanol–water partition coefficient (Wildman–Crippen LogP) is 0.200. The summed E-state index contributed by atoms with van der Waals surface area (Å²) in [5.41, 5.74) is 5.21. The lowest BCUT2D eigenvalue weighted by molar-refractivity contribution is 0.0445. The molecule has 6 heteroatoms. The molecule has 0 saturated carbocycles. The van der Waals surface area contributed by atoms with Gasteiger partial charge >= 0.3 is 5.97 Å². The van der Waals surface area contributed by atoms with Gasteiger partial charge in [-0.2, -0.15) is 4.98 Å². The quantitative estimate of drug-likeness (QED) is 0.654. The minimum Gasteiger partial charge on any atom is -0.460 e. The van der Waals surface area contributed by atoms with Crippen molar-refractivity contribution in [1.82, 2.24) is 15.2 Å². The number of anilines is 1. The van der Waals surface area contributed by atoms with Crippen molar-refractivity contribution in [2.45, 2.75) is 13.8 Å². The highest BCUT2D eigenvalue weighted by Gasteiger charge is 2.12. The van der Waals surface area contributed by atoms with E-state index < -0.39 is 5.97 Å². The van der Waals surface area contributed by atoms with E-state index in [9.17, 15) is 4.79 Å². The number of rotatable bonds is 3. The second-order valence-electron chi connectivity index (χ2n) is 3.03. The zero-order valence-electron chi connectivity index (χ0n) is 7.57. The molecule has 1 aromatic rings. The molecule has 0 unspecified atom stereocenters. The third-order valence-corrected chi connectivity index (χ3v) is 1.24. The van der Waals surface area contributed by atoms with Crippen molar-refractivity contribution in [3.8, 4) is 0 Å². The summed E-state index contributed by atoms with van der Waals surface area (Å²) >= 11 is 0. The summed E-state index contributed by atoms with van der Waals surface area (Å²) in [4.78, 5) is 14.8. The highest BCUT2D eigenvalue weighted by Crippen LogP contribution is 1.99. The Balaban J connectivity index is 2.49. The van der Waals surface area contributed by atoms with Crippen LogP contribution in [0.15, 0.2) is 0 Å². The molecule has 0 aliphatic rings. The Morgan fingerprint density at radius 2 is 2.38 bits per heavy atom.